The van der Waals surface area contributed by atoms with E-state index >= 15 is 0 Å². The number of rotatable bonds is 5. The smallest absolute Gasteiger partial charge is 0.406 e. The maximum absolute atomic E-state index is 12.1. The van der Waals surface area contributed by atoms with Crippen molar-refractivity contribution < 1.29 is 23.0 Å². The zero-order valence-corrected chi connectivity index (χ0v) is 10.00. The van der Waals surface area contributed by atoms with Gasteiger partial charge in [0.25, 0.3) is 0 Å². The number of benzene rings is 1. The van der Waals surface area contributed by atoms with Crippen molar-refractivity contribution in [2.24, 2.45) is 5.73 Å². The van der Waals surface area contributed by atoms with Gasteiger partial charge in [0.15, 0.2) is 0 Å². The molecule has 1 unspecified atom stereocenters. The molecule has 1 aromatic carbocycles. The number of aryl methyl sites for hydroxylation is 1. The Balaban J connectivity index is 2.80. The fraction of sp³-hybridized carbons (Fsp3) is 0.500. The third-order valence-corrected chi connectivity index (χ3v) is 2.32. The van der Waals surface area contributed by atoms with E-state index in [9.17, 15) is 18.3 Å². The van der Waals surface area contributed by atoms with Crippen molar-refractivity contribution in [2.75, 3.05) is 6.54 Å². The van der Waals surface area contributed by atoms with Crippen LogP contribution < -0.4 is 10.5 Å². The highest BCUT2D eigenvalue weighted by Gasteiger charge is 2.31. The standard InChI is InChI=1S/C12H16F3NO2/c1-8-4-9(6-10(17)2-3-16)7-11(5-8)18-12(13,14)15/h4-5,7,10,17H,2-3,6,16H2,1H3. The summed E-state index contributed by atoms with van der Waals surface area (Å²) in [4.78, 5) is 0. The highest BCUT2D eigenvalue weighted by Crippen LogP contribution is 2.25. The van der Waals surface area contributed by atoms with E-state index in [1.807, 2.05) is 0 Å². The lowest BCUT2D eigenvalue weighted by Gasteiger charge is -2.13. The van der Waals surface area contributed by atoms with Gasteiger partial charge in [-0.1, -0.05) is 6.07 Å². The molecule has 0 aliphatic rings. The zero-order chi connectivity index (χ0) is 13.8. The van der Waals surface area contributed by atoms with E-state index in [0.717, 1.165) is 0 Å². The molecule has 0 spiro atoms. The monoisotopic (exact) mass is 263 g/mol. The van der Waals surface area contributed by atoms with Crippen molar-refractivity contribution in [3.8, 4) is 5.75 Å². The van der Waals surface area contributed by atoms with Gasteiger partial charge in [-0.25, -0.2) is 0 Å². The van der Waals surface area contributed by atoms with Crippen LogP contribution in [0.2, 0.25) is 0 Å². The molecule has 3 nitrogen and oxygen atoms in total. The molecule has 0 saturated heterocycles. The lowest BCUT2D eigenvalue weighted by molar-refractivity contribution is -0.274. The molecule has 0 amide bonds. The number of nitrogens with two attached hydrogens (primary N) is 1. The van der Waals surface area contributed by atoms with Gasteiger partial charge in [0, 0.05) is 0 Å². The Morgan fingerprint density at radius 3 is 2.56 bits per heavy atom. The van der Waals surface area contributed by atoms with Crippen LogP contribution in [-0.4, -0.2) is 24.1 Å². The molecule has 18 heavy (non-hydrogen) atoms. The first-order valence-electron chi connectivity index (χ1n) is 5.54. The number of hydrogen-bond acceptors (Lipinski definition) is 3. The minimum atomic E-state index is -4.71. The van der Waals surface area contributed by atoms with E-state index in [1.54, 1.807) is 13.0 Å². The zero-order valence-electron chi connectivity index (χ0n) is 10.00. The van der Waals surface area contributed by atoms with Crippen LogP contribution >= 0.6 is 0 Å². The van der Waals surface area contributed by atoms with Crippen molar-refractivity contribution in [2.45, 2.75) is 32.2 Å². The summed E-state index contributed by atoms with van der Waals surface area (Å²) >= 11 is 0. The maximum Gasteiger partial charge on any atom is 0.573 e. The van der Waals surface area contributed by atoms with E-state index in [-0.39, 0.29) is 12.2 Å². The number of hydrogen-bond donors (Lipinski definition) is 2. The highest BCUT2D eigenvalue weighted by atomic mass is 19.4. The first kappa shape index (κ1) is 14.8. The van der Waals surface area contributed by atoms with Crippen LogP contribution in [0.1, 0.15) is 17.5 Å². The Kier molecular flexibility index (Phi) is 4.98. The predicted octanol–water partition coefficient (Wildman–Crippen LogP) is 2.15. The van der Waals surface area contributed by atoms with Gasteiger partial charge < -0.3 is 15.6 Å². The molecule has 6 heteroatoms. The van der Waals surface area contributed by atoms with Gasteiger partial charge >= 0.3 is 6.36 Å². The van der Waals surface area contributed by atoms with Crippen LogP contribution in [0.25, 0.3) is 0 Å². The first-order chi connectivity index (χ1) is 8.30. The Morgan fingerprint density at radius 1 is 1.33 bits per heavy atom. The Hall–Kier alpha value is -1.27. The fourth-order valence-corrected chi connectivity index (χ4v) is 1.70. The van der Waals surface area contributed by atoms with Crippen molar-refractivity contribution >= 4 is 0 Å². The van der Waals surface area contributed by atoms with Gasteiger partial charge in [0.1, 0.15) is 5.75 Å². The molecule has 0 fully saturated rings. The summed E-state index contributed by atoms with van der Waals surface area (Å²) in [6.07, 6.45) is -4.70. The second-order valence-corrected chi connectivity index (χ2v) is 4.14. The molecule has 1 atom stereocenters. The molecule has 1 aromatic rings. The summed E-state index contributed by atoms with van der Waals surface area (Å²) in [7, 11) is 0. The quantitative estimate of drug-likeness (QED) is 0.855. The maximum atomic E-state index is 12.1. The Morgan fingerprint density at radius 2 is 2.00 bits per heavy atom. The molecular formula is C12H16F3NO2. The molecule has 0 aromatic heterocycles. The fourth-order valence-electron chi connectivity index (χ4n) is 1.70. The van der Waals surface area contributed by atoms with Gasteiger partial charge in [0.05, 0.1) is 6.10 Å². The van der Waals surface area contributed by atoms with Crippen molar-refractivity contribution in [3.63, 3.8) is 0 Å². The SMILES string of the molecule is Cc1cc(CC(O)CCN)cc(OC(F)(F)F)c1. The number of ether oxygens (including phenoxy) is 1. The van der Waals surface area contributed by atoms with E-state index in [4.69, 9.17) is 5.73 Å². The van der Waals surface area contributed by atoms with Gasteiger partial charge in [0.2, 0.25) is 0 Å². The predicted molar refractivity (Wildman–Crippen MR) is 61.2 cm³/mol. The minimum Gasteiger partial charge on any atom is -0.406 e. The third kappa shape index (κ3) is 5.37. The molecule has 1 rings (SSSR count). The summed E-state index contributed by atoms with van der Waals surface area (Å²) < 4.78 is 40.2. The average molecular weight is 263 g/mol. The lowest BCUT2D eigenvalue weighted by Crippen LogP contribution is -2.18. The molecule has 0 radical (unpaired) electrons. The van der Waals surface area contributed by atoms with Crippen LogP contribution in [0.4, 0.5) is 13.2 Å². The van der Waals surface area contributed by atoms with Crippen LogP contribution in [-0.2, 0) is 6.42 Å². The van der Waals surface area contributed by atoms with E-state index < -0.39 is 12.5 Å². The van der Waals surface area contributed by atoms with E-state index in [1.165, 1.54) is 12.1 Å². The molecule has 0 heterocycles. The van der Waals surface area contributed by atoms with Gasteiger partial charge in [-0.05, 0) is 49.6 Å². The summed E-state index contributed by atoms with van der Waals surface area (Å²) in [6, 6.07) is 4.29. The van der Waals surface area contributed by atoms with E-state index in [0.29, 0.717) is 24.1 Å². The molecule has 0 aliphatic heterocycles. The molecule has 3 N–H and O–H groups in total. The van der Waals surface area contributed by atoms with Crippen LogP contribution in [0.15, 0.2) is 18.2 Å². The van der Waals surface area contributed by atoms with Gasteiger partial charge in [-0.3, -0.25) is 0 Å². The van der Waals surface area contributed by atoms with Crippen LogP contribution in [0.3, 0.4) is 0 Å². The van der Waals surface area contributed by atoms with Crippen LogP contribution in [0.5, 0.6) is 5.75 Å². The molecular weight excluding hydrogens is 247 g/mol. The second-order valence-electron chi connectivity index (χ2n) is 4.14. The second kappa shape index (κ2) is 6.06. The molecule has 0 bridgehead atoms. The lowest BCUT2D eigenvalue weighted by atomic mass is 10.0. The van der Waals surface area contributed by atoms with Gasteiger partial charge in [-0.2, -0.15) is 0 Å². The summed E-state index contributed by atoms with van der Waals surface area (Å²) in [5.74, 6) is -0.266. The van der Waals surface area contributed by atoms with Crippen molar-refractivity contribution in [1.29, 1.82) is 0 Å². The number of aliphatic hydroxyl groups is 1. The molecule has 102 valence electrons. The normalized spacial score (nSPS) is 13.4. The van der Waals surface area contributed by atoms with Gasteiger partial charge in [-0.15, -0.1) is 13.2 Å². The van der Waals surface area contributed by atoms with E-state index in [2.05, 4.69) is 4.74 Å². The Labute approximate surface area is 103 Å². The largest absolute Gasteiger partial charge is 0.573 e. The molecule has 0 saturated carbocycles. The first-order valence-corrected chi connectivity index (χ1v) is 5.54. The highest BCUT2D eigenvalue weighted by molar-refractivity contribution is 5.34. The number of alkyl halides is 3. The summed E-state index contributed by atoms with van der Waals surface area (Å²) in [5.41, 5.74) is 6.53. The number of halogens is 3. The average Bonchev–Trinajstić information content (AvgIpc) is 2.13. The van der Waals surface area contributed by atoms with Crippen LogP contribution in [0, 0.1) is 6.92 Å². The van der Waals surface area contributed by atoms with Crippen molar-refractivity contribution in [1.82, 2.24) is 0 Å². The Bertz CT molecular complexity index is 393. The summed E-state index contributed by atoms with van der Waals surface area (Å²) in [6.45, 7) is 2.00. The molecule has 0 aliphatic carbocycles. The minimum absolute atomic E-state index is 0.257. The van der Waals surface area contributed by atoms with Crippen molar-refractivity contribution in [3.05, 3.63) is 29.3 Å². The number of aliphatic hydroxyl groups excluding tert-OH is 1. The summed E-state index contributed by atoms with van der Waals surface area (Å²) in [5, 5.41) is 9.57. The third-order valence-electron chi connectivity index (χ3n) is 2.32. The topological polar surface area (TPSA) is 55.5 Å².